The molecule has 1 aliphatic rings. The van der Waals surface area contributed by atoms with Gasteiger partial charge in [-0.05, 0) is 30.7 Å². The van der Waals surface area contributed by atoms with Crippen molar-refractivity contribution in [1.29, 1.82) is 5.26 Å². The number of hydrogen-bond donors (Lipinski definition) is 1. The van der Waals surface area contributed by atoms with E-state index in [4.69, 9.17) is 10.00 Å². The first-order valence-electron chi connectivity index (χ1n) is 8.67. The summed E-state index contributed by atoms with van der Waals surface area (Å²) in [6.45, 7) is 4.85. The van der Waals surface area contributed by atoms with Gasteiger partial charge in [-0.2, -0.15) is 10.4 Å². The maximum atomic E-state index is 12.8. The second kappa shape index (κ2) is 7.10. The number of morpholine rings is 1. The summed E-state index contributed by atoms with van der Waals surface area (Å²) in [5.74, 6) is 0. The van der Waals surface area contributed by atoms with Crippen molar-refractivity contribution in [1.82, 2.24) is 14.6 Å². The second-order valence-electron chi connectivity index (χ2n) is 6.43. The highest BCUT2D eigenvalue weighted by molar-refractivity contribution is 7.92. The molecule has 0 aliphatic carbocycles. The van der Waals surface area contributed by atoms with Crippen molar-refractivity contribution >= 4 is 27.0 Å². The Morgan fingerprint density at radius 3 is 2.75 bits per heavy atom. The normalized spacial score (nSPS) is 14.8. The Labute approximate surface area is 162 Å². The zero-order valence-corrected chi connectivity index (χ0v) is 16.0. The zero-order chi connectivity index (χ0) is 19.7. The van der Waals surface area contributed by atoms with Crippen LogP contribution in [-0.4, -0.2) is 49.3 Å². The number of hydrogen-bond acceptors (Lipinski definition) is 7. The molecule has 4 rings (SSSR count). The number of aryl methyl sites for hydroxylation is 1. The highest BCUT2D eigenvalue weighted by atomic mass is 32.2. The molecule has 0 unspecified atom stereocenters. The Kier molecular flexibility index (Phi) is 4.62. The van der Waals surface area contributed by atoms with Gasteiger partial charge in [-0.15, -0.1) is 0 Å². The average molecular weight is 398 g/mol. The van der Waals surface area contributed by atoms with Crippen LogP contribution in [0.4, 0.5) is 11.4 Å². The van der Waals surface area contributed by atoms with Gasteiger partial charge in [-0.1, -0.05) is 0 Å². The first-order chi connectivity index (χ1) is 13.5. The van der Waals surface area contributed by atoms with Gasteiger partial charge >= 0.3 is 0 Å². The predicted molar refractivity (Wildman–Crippen MR) is 103 cm³/mol. The molecule has 28 heavy (non-hydrogen) atoms. The van der Waals surface area contributed by atoms with E-state index >= 15 is 0 Å². The SMILES string of the molecule is Cc1cc(N2CCOCC2)ccc1NS(=O)(=O)c1cnc2c(C#N)cnn2c1. The average Bonchev–Trinajstić information content (AvgIpc) is 3.12. The number of sulfonamides is 1. The molecule has 0 atom stereocenters. The van der Waals surface area contributed by atoms with Gasteiger partial charge < -0.3 is 9.64 Å². The van der Waals surface area contributed by atoms with Crippen LogP contribution in [0.1, 0.15) is 11.1 Å². The van der Waals surface area contributed by atoms with Gasteiger partial charge in [0.1, 0.15) is 16.5 Å². The van der Waals surface area contributed by atoms with Crippen molar-refractivity contribution in [3.63, 3.8) is 0 Å². The second-order valence-corrected chi connectivity index (χ2v) is 8.11. The van der Waals surface area contributed by atoms with Crippen molar-refractivity contribution in [3.05, 3.63) is 47.9 Å². The number of ether oxygens (including phenoxy) is 1. The highest BCUT2D eigenvalue weighted by Gasteiger charge is 2.19. The molecule has 1 fully saturated rings. The molecular formula is C18H18N6O3S. The number of anilines is 2. The van der Waals surface area contributed by atoms with Gasteiger partial charge in [0.25, 0.3) is 10.0 Å². The molecule has 10 heteroatoms. The molecule has 0 amide bonds. The van der Waals surface area contributed by atoms with Gasteiger partial charge in [-0.25, -0.2) is 17.9 Å². The van der Waals surface area contributed by atoms with Crippen LogP contribution in [-0.2, 0) is 14.8 Å². The number of nitrogens with one attached hydrogen (secondary N) is 1. The zero-order valence-electron chi connectivity index (χ0n) is 15.2. The number of benzene rings is 1. The van der Waals surface area contributed by atoms with Gasteiger partial charge in [0, 0.05) is 18.8 Å². The minimum absolute atomic E-state index is 0.0377. The summed E-state index contributed by atoms with van der Waals surface area (Å²) in [4.78, 5) is 6.23. The van der Waals surface area contributed by atoms with Crippen molar-refractivity contribution in [2.24, 2.45) is 0 Å². The van der Waals surface area contributed by atoms with Crippen LogP contribution >= 0.6 is 0 Å². The summed E-state index contributed by atoms with van der Waals surface area (Å²) in [6.07, 6.45) is 3.90. The Balaban J connectivity index is 1.60. The first kappa shape index (κ1) is 18.2. The maximum Gasteiger partial charge on any atom is 0.264 e. The fourth-order valence-electron chi connectivity index (χ4n) is 3.06. The number of nitrogens with zero attached hydrogens (tertiary/aromatic N) is 5. The summed E-state index contributed by atoms with van der Waals surface area (Å²) in [5.41, 5.74) is 2.94. The van der Waals surface area contributed by atoms with Crippen molar-refractivity contribution in [3.8, 4) is 6.07 Å². The monoisotopic (exact) mass is 398 g/mol. The molecule has 3 aromatic rings. The maximum absolute atomic E-state index is 12.8. The van der Waals surface area contributed by atoms with Gasteiger partial charge in [0.05, 0.1) is 37.5 Å². The van der Waals surface area contributed by atoms with E-state index in [1.807, 2.05) is 25.1 Å². The lowest BCUT2D eigenvalue weighted by atomic mass is 10.1. The van der Waals surface area contributed by atoms with E-state index in [0.717, 1.165) is 24.3 Å². The first-order valence-corrected chi connectivity index (χ1v) is 10.2. The molecule has 1 N–H and O–H groups in total. The van der Waals surface area contributed by atoms with Gasteiger partial charge in [0.15, 0.2) is 5.65 Å². The third-order valence-corrected chi connectivity index (χ3v) is 5.91. The largest absolute Gasteiger partial charge is 0.378 e. The van der Waals surface area contributed by atoms with Crippen LogP contribution in [0.3, 0.4) is 0 Å². The minimum Gasteiger partial charge on any atom is -0.378 e. The van der Waals surface area contributed by atoms with E-state index in [2.05, 4.69) is 19.7 Å². The fourth-order valence-corrected chi connectivity index (χ4v) is 4.13. The minimum atomic E-state index is -3.85. The van der Waals surface area contributed by atoms with E-state index in [1.165, 1.54) is 23.1 Å². The van der Waals surface area contributed by atoms with Gasteiger partial charge in [-0.3, -0.25) is 4.72 Å². The molecule has 0 saturated carbocycles. The van der Waals surface area contributed by atoms with E-state index < -0.39 is 10.0 Å². The standard InChI is InChI=1S/C18H18N6O3S/c1-13-8-15(23-4-6-27-7-5-23)2-3-17(13)22-28(25,26)16-11-20-18-14(9-19)10-21-24(18)12-16/h2-3,8,10-12,22H,4-7H2,1H3. The number of fused-ring (bicyclic) bond motifs is 1. The molecule has 144 valence electrons. The Morgan fingerprint density at radius 2 is 2.04 bits per heavy atom. The molecule has 0 radical (unpaired) electrons. The van der Waals surface area contributed by atoms with Crippen LogP contribution in [0.25, 0.3) is 5.65 Å². The Morgan fingerprint density at radius 1 is 1.25 bits per heavy atom. The quantitative estimate of drug-likeness (QED) is 0.709. The molecule has 9 nitrogen and oxygen atoms in total. The molecule has 2 aromatic heterocycles. The molecule has 1 saturated heterocycles. The lowest BCUT2D eigenvalue weighted by Crippen LogP contribution is -2.36. The van der Waals surface area contributed by atoms with Crippen molar-refractivity contribution < 1.29 is 13.2 Å². The smallest absolute Gasteiger partial charge is 0.264 e. The summed E-state index contributed by atoms with van der Waals surface area (Å²) in [6, 6.07) is 7.57. The molecule has 0 spiro atoms. The van der Waals surface area contributed by atoms with Crippen molar-refractivity contribution in [2.45, 2.75) is 11.8 Å². The number of nitriles is 1. The van der Waals surface area contributed by atoms with E-state index in [1.54, 1.807) is 6.07 Å². The molecule has 3 heterocycles. The molecule has 1 aliphatic heterocycles. The van der Waals surface area contributed by atoms with Crippen LogP contribution in [0, 0.1) is 18.3 Å². The number of rotatable bonds is 4. The predicted octanol–water partition coefficient (Wildman–Crippen LogP) is 1.55. The molecule has 1 aromatic carbocycles. The van der Waals surface area contributed by atoms with E-state index in [-0.39, 0.29) is 10.5 Å². The summed E-state index contributed by atoms with van der Waals surface area (Å²) in [7, 11) is -3.85. The summed E-state index contributed by atoms with van der Waals surface area (Å²) >= 11 is 0. The van der Waals surface area contributed by atoms with E-state index in [9.17, 15) is 8.42 Å². The van der Waals surface area contributed by atoms with Gasteiger partial charge in [0.2, 0.25) is 0 Å². The molecule has 0 bridgehead atoms. The number of aromatic nitrogens is 3. The lowest BCUT2D eigenvalue weighted by molar-refractivity contribution is 0.122. The summed E-state index contributed by atoms with van der Waals surface area (Å²) < 4.78 is 34.8. The van der Waals surface area contributed by atoms with Crippen LogP contribution in [0.2, 0.25) is 0 Å². The third kappa shape index (κ3) is 3.37. The summed E-state index contributed by atoms with van der Waals surface area (Å²) in [5, 5.41) is 13.0. The molecular weight excluding hydrogens is 380 g/mol. The van der Waals surface area contributed by atoms with Crippen LogP contribution in [0.5, 0.6) is 0 Å². The van der Waals surface area contributed by atoms with Crippen molar-refractivity contribution in [2.75, 3.05) is 35.9 Å². The van der Waals surface area contributed by atoms with Crippen LogP contribution < -0.4 is 9.62 Å². The third-order valence-electron chi connectivity index (χ3n) is 4.59. The fraction of sp³-hybridized carbons (Fsp3) is 0.278. The Hall–Kier alpha value is -3.16. The van der Waals surface area contributed by atoms with Crippen LogP contribution in [0.15, 0.2) is 41.7 Å². The highest BCUT2D eigenvalue weighted by Crippen LogP contribution is 2.25. The van der Waals surface area contributed by atoms with E-state index in [0.29, 0.717) is 24.5 Å². The topological polar surface area (TPSA) is 113 Å². The Bertz CT molecular complexity index is 1180. The lowest BCUT2D eigenvalue weighted by Gasteiger charge is -2.29.